The summed E-state index contributed by atoms with van der Waals surface area (Å²) in [5.74, 6) is 0.0360. The molecule has 1 spiro atoms. The predicted molar refractivity (Wildman–Crippen MR) is 142 cm³/mol. The molecule has 8 nitrogen and oxygen atoms in total. The van der Waals surface area contributed by atoms with Crippen LogP contribution in [-0.4, -0.2) is 27.6 Å². The number of amides is 1. The van der Waals surface area contributed by atoms with E-state index in [0.717, 1.165) is 0 Å². The zero-order valence-electron chi connectivity index (χ0n) is 19.9. The van der Waals surface area contributed by atoms with Crippen molar-refractivity contribution >= 4 is 57.2 Å². The Morgan fingerprint density at radius 3 is 2.81 bits per heavy atom. The van der Waals surface area contributed by atoms with Gasteiger partial charge in [0.15, 0.2) is 10.1 Å². The summed E-state index contributed by atoms with van der Waals surface area (Å²) >= 11 is 9.13. The fourth-order valence-corrected chi connectivity index (χ4v) is 7.10. The van der Waals surface area contributed by atoms with Crippen molar-refractivity contribution in [2.75, 3.05) is 16.0 Å². The Bertz CT molecular complexity index is 1470. The van der Waals surface area contributed by atoms with E-state index in [1.54, 1.807) is 30.0 Å². The zero-order chi connectivity index (χ0) is 26.0. The average Bonchev–Trinajstić information content (AvgIpc) is 3.38. The number of carbonyl (C=O) groups excluding carboxylic acids is 2. The number of Topliss-reactive ketones (excluding diaryl/α,β-unsaturated/α-hetero) is 1. The molecule has 1 aromatic carbocycles. The SMILES string of the molecule is C=CCSc1nnc(N2C(N)=C(C#N)[C@@]3(C(=O)Nc4c3ccc(Cl)c4C)C3=C2CC(C)(C)CC3=O)s1. The quantitative estimate of drug-likeness (QED) is 0.419. The molecular weight excluding hydrogens is 516 g/mol. The highest BCUT2D eigenvalue weighted by Gasteiger charge is 2.61. The summed E-state index contributed by atoms with van der Waals surface area (Å²) in [7, 11) is 0. The minimum absolute atomic E-state index is 0.0113. The van der Waals surface area contributed by atoms with Gasteiger partial charge in [0.2, 0.25) is 11.0 Å². The van der Waals surface area contributed by atoms with Crippen molar-refractivity contribution < 1.29 is 9.59 Å². The molecule has 0 fully saturated rings. The van der Waals surface area contributed by atoms with Gasteiger partial charge in [0.25, 0.3) is 0 Å². The number of rotatable bonds is 4. The largest absolute Gasteiger partial charge is 0.384 e. The van der Waals surface area contributed by atoms with Crippen LogP contribution in [0.4, 0.5) is 10.8 Å². The number of nitrogens with one attached hydrogen (secondary N) is 1. The number of hydrogen-bond donors (Lipinski definition) is 2. The van der Waals surface area contributed by atoms with E-state index in [1.807, 2.05) is 13.8 Å². The Morgan fingerprint density at radius 1 is 1.36 bits per heavy atom. The van der Waals surface area contributed by atoms with Gasteiger partial charge in [-0.05, 0) is 30.4 Å². The first-order chi connectivity index (χ1) is 17.1. The van der Waals surface area contributed by atoms with E-state index in [-0.39, 0.29) is 29.2 Å². The minimum atomic E-state index is -1.66. The number of halogens is 1. The number of thioether (sulfide) groups is 1. The van der Waals surface area contributed by atoms with Gasteiger partial charge in [-0.25, -0.2) is 0 Å². The second-order valence-electron chi connectivity index (χ2n) is 9.72. The molecule has 0 radical (unpaired) electrons. The van der Waals surface area contributed by atoms with Crippen molar-refractivity contribution in [2.24, 2.45) is 11.1 Å². The summed E-state index contributed by atoms with van der Waals surface area (Å²) in [6.45, 7) is 9.52. The molecular formula is C25H23ClN6O2S2. The average molecular weight is 539 g/mol. The van der Waals surface area contributed by atoms with E-state index in [9.17, 15) is 14.9 Å². The molecule has 1 aliphatic carbocycles. The van der Waals surface area contributed by atoms with Crippen LogP contribution >= 0.6 is 34.7 Å². The lowest BCUT2D eigenvalue weighted by Crippen LogP contribution is -2.52. The first kappa shape index (κ1) is 24.6. The van der Waals surface area contributed by atoms with Gasteiger partial charge in [-0.2, -0.15) is 5.26 Å². The van der Waals surface area contributed by atoms with Gasteiger partial charge >= 0.3 is 0 Å². The van der Waals surface area contributed by atoms with E-state index in [2.05, 4.69) is 28.2 Å². The van der Waals surface area contributed by atoms with Crippen LogP contribution in [0.1, 0.15) is 37.8 Å². The monoisotopic (exact) mass is 538 g/mol. The Kier molecular flexibility index (Phi) is 5.78. The first-order valence-corrected chi connectivity index (χ1v) is 13.4. The molecule has 3 aliphatic rings. The van der Waals surface area contributed by atoms with Crippen molar-refractivity contribution in [3.8, 4) is 6.07 Å². The highest BCUT2D eigenvalue weighted by Crippen LogP contribution is 2.58. The van der Waals surface area contributed by atoms with Crippen LogP contribution in [0.15, 0.2) is 51.8 Å². The highest BCUT2D eigenvalue weighted by atomic mass is 35.5. The Hall–Kier alpha value is -3.13. The molecule has 184 valence electrons. The molecule has 36 heavy (non-hydrogen) atoms. The number of aromatic nitrogens is 2. The smallest absolute Gasteiger partial charge is 0.245 e. The van der Waals surface area contributed by atoms with E-state index >= 15 is 0 Å². The minimum Gasteiger partial charge on any atom is -0.384 e. The summed E-state index contributed by atoms with van der Waals surface area (Å²) in [5.41, 5.74) is 7.16. The summed E-state index contributed by atoms with van der Waals surface area (Å²) in [6, 6.07) is 5.56. The fraction of sp³-hybridized carbons (Fsp3) is 0.320. The van der Waals surface area contributed by atoms with Gasteiger partial charge in [-0.3, -0.25) is 14.5 Å². The molecule has 1 aromatic heterocycles. The van der Waals surface area contributed by atoms with Crippen LogP contribution in [0.3, 0.4) is 0 Å². The number of ketones is 1. The molecule has 0 bridgehead atoms. The molecule has 11 heteroatoms. The molecule has 2 aromatic rings. The maximum absolute atomic E-state index is 13.9. The van der Waals surface area contributed by atoms with E-state index in [0.29, 0.717) is 49.2 Å². The fourth-order valence-electron chi connectivity index (χ4n) is 5.31. The lowest BCUT2D eigenvalue weighted by atomic mass is 9.61. The van der Waals surface area contributed by atoms with Gasteiger partial charge < -0.3 is 11.1 Å². The van der Waals surface area contributed by atoms with Crippen molar-refractivity contribution in [3.63, 3.8) is 0 Å². The molecule has 1 atom stereocenters. The van der Waals surface area contributed by atoms with Gasteiger partial charge in [-0.15, -0.1) is 16.8 Å². The van der Waals surface area contributed by atoms with Crippen molar-refractivity contribution in [1.29, 1.82) is 5.26 Å². The molecule has 0 saturated carbocycles. The molecule has 3 N–H and O–H groups in total. The number of hydrogen-bond acceptors (Lipinski definition) is 9. The van der Waals surface area contributed by atoms with Crippen molar-refractivity contribution in [2.45, 2.75) is 43.4 Å². The molecule has 5 rings (SSSR count). The van der Waals surface area contributed by atoms with Crippen LogP contribution in [-0.2, 0) is 15.0 Å². The Labute approximate surface area is 221 Å². The summed E-state index contributed by atoms with van der Waals surface area (Å²) < 4.78 is 0.703. The lowest BCUT2D eigenvalue weighted by Gasteiger charge is -2.45. The lowest BCUT2D eigenvalue weighted by molar-refractivity contribution is -0.123. The van der Waals surface area contributed by atoms with E-state index in [1.165, 1.54) is 23.1 Å². The number of nitrogens with two attached hydrogens (primary N) is 1. The standard InChI is InChI=1S/C25H23ClN6O2S2/c1-5-8-35-23-31-30-22(36-23)32-16-9-24(3,4)10-17(33)18(16)25(14(11-27)20(32)28)13-6-7-15(26)12(2)19(13)29-21(25)34/h5-7H,1,8-10,28H2,2-4H3,(H,29,34)/t25-/m1/s1. The zero-order valence-corrected chi connectivity index (χ0v) is 22.3. The maximum Gasteiger partial charge on any atom is 0.245 e. The third-order valence-electron chi connectivity index (χ3n) is 6.78. The first-order valence-electron chi connectivity index (χ1n) is 11.2. The normalized spacial score (nSPS) is 22.5. The number of benzene rings is 1. The number of nitriles is 1. The van der Waals surface area contributed by atoms with Crippen LogP contribution in [0.25, 0.3) is 0 Å². The van der Waals surface area contributed by atoms with E-state index in [4.69, 9.17) is 17.3 Å². The number of fused-ring (bicyclic) bond motifs is 3. The van der Waals surface area contributed by atoms with Gasteiger partial charge in [0, 0.05) is 34.0 Å². The van der Waals surface area contributed by atoms with Crippen molar-refractivity contribution in [1.82, 2.24) is 10.2 Å². The number of carbonyl (C=O) groups is 2. The molecule has 0 saturated heterocycles. The van der Waals surface area contributed by atoms with Crippen LogP contribution in [0.5, 0.6) is 0 Å². The second-order valence-corrected chi connectivity index (χ2v) is 12.3. The van der Waals surface area contributed by atoms with Gasteiger partial charge in [-0.1, -0.05) is 60.7 Å². The molecule has 1 amide bonds. The van der Waals surface area contributed by atoms with Crippen LogP contribution < -0.4 is 16.0 Å². The number of allylic oxidation sites excluding steroid dienone is 1. The molecule has 3 heterocycles. The van der Waals surface area contributed by atoms with Gasteiger partial charge in [0.1, 0.15) is 17.3 Å². The Balaban J connectivity index is 1.83. The predicted octanol–water partition coefficient (Wildman–Crippen LogP) is 4.83. The second kappa shape index (κ2) is 8.47. The third-order valence-corrected chi connectivity index (χ3v) is 9.22. The summed E-state index contributed by atoms with van der Waals surface area (Å²) in [6.07, 6.45) is 2.46. The van der Waals surface area contributed by atoms with Gasteiger partial charge in [0.05, 0.1) is 11.3 Å². The topological polar surface area (TPSA) is 125 Å². The molecule has 0 unspecified atom stereocenters. The number of nitrogens with zero attached hydrogens (tertiary/aromatic N) is 4. The number of anilines is 2. The van der Waals surface area contributed by atoms with Crippen LogP contribution in [0, 0.1) is 23.7 Å². The van der Waals surface area contributed by atoms with Crippen molar-refractivity contribution in [3.05, 3.63) is 63.6 Å². The summed E-state index contributed by atoms with van der Waals surface area (Å²) in [4.78, 5) is 29.4. The van der Waals surface area contributed by atoms with Crippen LogP contribution in [0.2, 0.25) is 5.02 Å². The maximum atomic E-state index is 13.9. The summed E-state index contributed by atoms with van der Waals surface area (Å²) in [5, 5.41) is 22.8. The van der Waals surface area contributed by atoms with E-state index < -0.39 is 16.7 Å². The third kappa shape index (κ3) is 3.34. The highest BCUT2D eigenvalue weighted by molar-refractivity contribution is 8.01. The Morgan fingerprint density at radius 2 is 2.11 bits per heavy atom. The molecule has 2 aliphatic heterocycles.